The quantitative estimate of drug-likeness (QED) is 0.764. The molecule has 2 aromatic carbocycles. The molecule has 154 valence electrons. The predicted octanol–water partition coefficient (Wildman–Crippen LogP) is 4.56. The highest BCUT2D eigenvalue weighted by Crippen LogP contribution is 2.30. The van der Waals surface area contributed by atoms with Gasteiger partial charge in [-0.3, -0.25) is 4.79 Å². The van der Waals surface area contributed by atoms with E-state index in [-0.39, 0.29) is 24.2 Å². The molecule has 1 N–H and O–H groups in total. The number of hydrogen-bond acceptors (Lipinski definition) is 2. The smallest absolute Gasteiger partial charge is 0.320 e. The predicted molar refractivity (Wildman–Crippen MR) is 112 cm³/mol. The molecule has 1 atom stereocenters. The number of benzene rings is 2. The van der Waals surface area contributed by atoms with E-state index in [9.17, 15) is 14.0 Å². The van der Waals surface area contributed by atoms with Gasteiger partial charge in [0.15, 0.2) is 0 Å². The number of amides is 3. The lowest BCUT2D eigenvalue weighted by Crippen LogP contribution is -2.44. The van der Waals surface area contributed by atoms with E-state index in [0.29, 0.717) is 35.2 Å². The van der Waals surface area contributed by atoms with Crippen molar-refractivity contribution in [2.75, 3.05) is 20.1 Å². The SMILES string of the molecule is Cc1cc(F)ccc1[C@H]1CC(=O)NCCN1C(=O)N(C)Cc1cc(Cl)cc(Cl)c1. The number of halogens is 3. The molecule has 8 heteroatoms. The molecular weight excluding hydrogens is 416 g/mol. The molecule has 0 aliphatic carbocycles. The zero-order chi connectivity index (χ0) is 21.1. The highest BCUT2D eigenvalue weighted by molar-refractivity contribution is 6.34. The molecule has 1 fully saturated rings. The average Bonchev–Trinajstić information content (AvgIpc) is 2.81. The molecule has 29 heavy (non-hydrogen) atoms. The highest BCUT2D eigenvalue weighted by Gasteiger charge is 2.32. The van der Waals surface area contributed by atoms with E-state index >= 15 is 0 Å². The summed E-state index contributed by atoms with van der Waals surface area (Å²) in [5.74, 6) is -0.490. The van der Waals surface area contributed by atoms with Crippen molar-refractivity contribution in [3.63, 3.8) is 0 Å². The number of aryl methyl sites for hydroxylation is 1. The van der Waals surface area contributed by atoms with Crippen LogP contribution in [0.25, 0.3) is 0 Å². The summed E-state index contributed by atoms with van der Waals surface area (Å²) < 4.78 is 13.6. The normalized spacial score (nSPS) is 16.9. The third-order valence-electron chi connectivity index (χ3n) is 4.94. The van der Waals surface area contributed by atoms with Crippen molar-refractivity contribution in [1.29, 1.82) is 0 Å². The second kappa shape index (κ2) is 9.01. The van der Waals surface area contributed by atoms with E-state index in [2.05, 4.69) is 5.32 Å². The Morgan fingerprint density at radius 3 is 2.59 bits per heavy atom. The summed E-state index contributed by atoms with van der Waals surface area (Å²) >= 11 is 12.1. The van der Waals surface area contributed by atoms with Gasteiger partial charge >= 0.3 is 6.03 Å². The first-order valence-electron chi connectivity index (χ1n) is 9.24. The largest absolute Gasteiger partial charge is 0.354 e. The second-order valence-electron chi connectivity index (χ2n) is 7.18. The van der Waals surface area contributed by atoms with Gasteiger partial charge < -0.3 is 15.1 Å². The van der Waals surface area contributed by atoms with Crippen LogP contribution in [0.3, 0.4) is 0 Å². The number of nitrogens with one attached hydrogen (secondary N) is 1. The number of nitrogens with zero attached hydrogens (tertiary/aromatic N) is 2. The fourth-order valence-electron chi connectivity index (χ4n) is 3.61. The van der Waals surface area contributed by atoms with Gasteiger partial charge in [0.2, 0.25) is 5.91 Å². The third kappa shape index (κ3) is 5.19. The number of rotatable bonds is 3. The minimum absolute atomic E-state index is 0.120. The van der Waals surface area contributed by atoms with Crippen LogP contribution in [0, 0.1) is 12.7 Å². The first-order valence-corrected chi connectivity index (χ1v) is 9.99. The van der Waals surface area contributed by atoms with Crippen LogP contribution in [0.15, 0.2) is 36.4 Å². The zero-order valence-electron chi connectivity index (χ0n) is 16.2. The molecule has 1 saturated heterocycles. The maximum Gasteiger partial charge on any atom is 0.320 e. The summed E-state index contributed by atoms with van der Waals surface area (Å²) in [7, 11) is 1.69. The number of urea groups is 1. The third-order valence-corrected chi connectivity index (χ3v) is 5.37. The summed E-state index contributed by atoms with van der Waals surface area (Å²) in [6.45, 7) is 2.80. The summed E-state index contributed by atoms with van der Waals surface area (Å²) in [5.41, 5.74) is 2.26. The van der Waals surface area contributed by atoms with Gasteiger partial charge in [0.1, 0.15) is 5.82 Å². The molecule has 3 amide bonds. The lowest BCUT2D eigenvalue weighted by molar-refractivity contribution is -0.121. The molecule has 0 bridgehead atoms. The van der Waals surface area contributed by atoms with Crippen molar-refractivity contribution in [3.8, 4) is 0 Å². The van der Waals surface area contributed by atoms with E-state index in [4.69, 9.17) is 23.2 Å². The minimum atomic E-state index is -0.476. The van der Waals surface area contributed by atoms with Gasteiger partial charge in [0.05, 0.1) is 12.5 Å². The van der Waals surface area contributed by atoms with Crippen LogP contribution in [0.1, 0.15) is 29.2 Å². The van der Waals surface area contributed by atoms with Crippen molar-refractivity contribution in [2.45, 2.75) is 25.9 Å². The first-order chi connectivity index (χ1) is 13.7. The van der Waals surface area contributed by atoms with Crippen LogP contribution in [0.5, 0.6) is 0 Å². The Morgan fingerprint density at radius 1 is 1.24 bits per heavy atom. The van der Waals surface area contributed by atoms with Crippen LogP contribution in [0.4, 0.5) is 9.18 Å². The van der Waals surface area contributed by atoms with Crippen LogP contribution < -0.4 is 5.32 Å². The van der Waals surface area contributed by atoms with E-state index in [0.717, 1.165) is 11.1 Å². The van der Waals surface area contributed by atoms with E-state index in [1.807, 2.05) is 0 Å². The van der Waals surface area contributed by atoms with Crippen molar-refractivity contribution < 1.29 is 14.0 Å². The highest BCUT2D eigenvalue weighted by atomic mass is 35.5. The van der Waals surface area contributed by atoms with Crippen molar-refractivity contribution in [3.05, 3.63) is 69.0 Å². The first kappa shape index (κ1) is 21.4. The standard InChI is InChI=1S/C21H22Cl2FN3O2/c1-13-7-17(24)3-4-18(13)19-11-20(28)25-5-6-27(19)21(29)26(2)12-14-8-15(22)10-16(23)9-14/h3-4,7-10,19H,5-6,11-12H2,1-2H3,(H,25,28)/t19-/m1/s1. The second-order valence-corrected chi connectivity index (χ2v) is 8.05. The number of carbonyl (C=O) groups is 2. The number of carbonyl (C=O) groups excluding carboxylic acids is 2. The molecule has 0 saturated carbocycles. The van der Waals surface area contributed by atoms with Gasteiger partial charge in [0.25, 0.3) is 0 Å². The molecule has 0 unspecified atom stereocenters. The average molecular weight is 438 g/mol. The fourth-order valence-corrected chi connectivity index (χ4v) is 4.18. The Bertz CT molecular complexity index is 918. The van der Waals surface area contributed by atoms with Crippen molar-refractivity contribution in [1.82, 2.24) is 15.1 Å². The van der Waals surface area contributed by atoms with Crippen LogP contribution in [0.2, 0.25) is 10.0 Å². The molecule has 3 rings (SSSR count). The zero-order valence-corrected chi connectivity index (χ0v) is 17.7. The molecular formula is C21H22Cl2FN3O2. The summed E-state index contributed by atoms with van der Waals surface area (Å²) in [5, 5.41) is 3.80. The molecule has 1 aliphatic rings. The van der Waals surface area contributed by atoms with Gasteiger partial charge in [-0.1, -0.05) is 29.3 Å². The molecule has 5 nitrogen and oxygen atoms in total. The summed E-state index contributed by atoms with van der Waals surface area (Å²) in [4.78, 5) is 28.7. The van der Waals surface area contributed by atoms with E-state index in [1.54, 1.807) is 48.0 Å². The van der Waals surface area contributed by atoms with Gasteiger partial charge in [-0.05, 0) is 53.9 Å². The van der Waals surface area contributed by atoms with Crippen LogP contribution in [-0.2, 0) is 11.3 Å². The van der Waals surface area contributed by atoms with Crippen LogP contribution in [-0.4, -0.2) is 41.9 Å². The summed E-state index contributed by atoms with van der Waals surface area (Å²) in [6.07, 6.45) is 0.120. The maximum absolute atomic E-state index is 13.6. The van der Waals surface area contributed by atoms with Gasteiger partial charge in [-0.2, -0.15) is 0 Å². The minimum Gasteiger partial charge on any atom is -0.354 e. The maximum atomic E-state index is 13.6. The van der Waals surface area contributed by atoms with Gasteiger partial charge in [0, 0.05) is 36.7 Å². The lowest BCUT2D eigenvalue weighted by atomic mass is 9.97. The summed E-state index contributed by atoms with van der Waals surface area (Å²) in [6, 6.07) is 8.85. The molecule has 2 aromatic rings. The molecule has 1 heterocycles. The Hall–Kier alpha value is -2.31. The lowest BCUT2D eigenvalue weighted by Gasteiger charge is -2.34. The Kier molecular flexibility index (Phi) is 6.65. The van der Waals surface area contributed by atoms with Gasteiger partial charge in [-0.15, -0.1) is 0 Å². The molecule has 1 aliphatic heterocycles. The van der Waals surface area contributed by atoms with E-state index in [1.165, 1.54) is 12.1 Å². The van der Waals surface area contributed by atoms with Crippen molar-refractivity contribution >= 4 is 35.1 Å². The topological polar surface area (TPSA) is 52.7 Å². The molecule has 0 radical (unpaired) electrons. The Balaban J connectivity index is 1.87. The van der Waals surface area contributed by atoms with Crippen molar-refractivity contribution in [2.24, 2.45) is 0 Å². The Labute approximate surface area is 179 Å². The number of hydrogen-bond donors (Lipinski definition) is 1. The van der Waals surface area contributed by atoms with E-state index < -0.39 is 6.04 Å². The monoisotopic (exact) mass is 437 g/mol. The van der Waals surface area contributed by atoms with Crippen LogP contribution >= 0.6 is 23.2 Å². The Morgan fingerprint density at radius 2 is 1.93 bits per heavy atom. The molecule has 0 aromatic heterocycles. The van der Waals surface area contributed by atoms with Gasteiger partial charge in [-0.25, -0.2) is 9.18 Å². The fraction of sp³-hybridized carbons (Fsp3) is 0.333. The molecule has 0 spiro atoms.